The maximum absolute atomic E-state index is 12.8. The highest BCUT2D eigenvalue weighted by Gasteiger charge is 2.26. The van der Waals surface area contributed by atoms with Gasteiger partial charge in [-0.2, -0.15) is 13.5 Å². The molecule has 0 spiro atoms. The first-order chi connectivity index (χ1) is 15.4. The van der Waals surface area contributed by atoms with Crippen LogP contribution in [0.3, 0.4) is 0 Å². The van der Waals surface area contributed by atoms with Crippen molar-refractivity contribution in [3.8, 4) is 0 Å². The molecular formula is C22H33N5O5S. The van der Waals surface area contributed by atoms with Crippen LogP contribution in [0.1, 0.15) is 61.1 Å². The molecule has 1 aromatic heterocycles. The fourth-order valence-corrected chi connectivity index (χ4v) is 4.20. The lowest BCUT2D eigenvalue weighted by atomic mass is 9.93. The van der Waals surface area contributed by atoms with Crippen molar-refractivity contribution in [2.24, 2.45) is 7.05 Å². The molecular weight excluding hydrogens is 446 g/mol. The number of carbonyl (C=O) groups excluding carboxylic acids is 2. The van der Waals surface area contributed by atoms with Gasteiger partial charge in [0.05, 0.1) is 6.61 Å². The summed E-state index contributed by atoms with van der Waals surface area (Å²) in [7, 11) is 0.247. The molecule has 0 saturated heterocycles. The van der Waals surface area contributed by atoms with Gasteiger partial charge in [0.2, 0.25) is 0 Å². The number of para-hydroxylation sites is 1. The zero-order chi connectivity index (χ0) is 24.9. The number of rotatable bonds is 9. The van der Waals surface area contributed by atoms with E-state index in [1.54, 1.807) is 7.05 Å². The molecule has 0 radical (unpaired) electrons. The van der Waals surface area contributed by atoms with E-state index in [9.17, 15) is 18.0 Å². The van der Waals surface area contributed by atoms with Gasteiger partial charge in [-0.1, -0.05) is 45.9 Å². The molecule has 1 heterocycles. The number of hydrogen-bond donors (Lipinski definition) is 2. The van der Waals surface area contributed by atoms with Crippen molar-refractivity contribution in [2.75, 3.05) is 32.6 Å². The molecule has 3 amide bonds. The summed E-state index contributed by atoms with van der Waals surface area (Å²) in [6, 6.07) is 5.96. The van der Waals surface area contributed by atoms with E-state index in [0.29, 0.717) is 18.8 Å². The van der Waals surface area contributed by atoms with E-state index in [1.807, 2.05) is 50.6 Å². The fourth-order valence-electron chi connectivity index (χ4n) is 3.31. The summed E-state index contributed by atoms with van der Waals surface area (Å²) in [4.78, 5) is 26.7. The number of nitrogens with zero attached hydrogens (tertiary/aromatic N) is 3. The third-order valence-corrected chi connectivity index (χ3v) is 6.37. The SMILES string of the molecule is COCCN(C)C(=O)c1cc(S(=O)(=O)NC(=O)Nc2c(C(C)C)cccc2C(C)C)nn1C. The van der Waals surface area contributed by atoms with Gasteiger partial charge >= 0.3 is 6.03 Å². The van der Waals surface area contributed by atoms with Crippen LogP contribution < -0.4 is 10.0 Å². The number of nitrogens with one attached hydrogen (secondary N) is 2. The van der Waals surface area contributed by atoms with Gasteiger partial charge in [0.25, 0.3) is 15.9 Å². The average molecular weight is 480 g/mol. The number of carbonyl (C=O) groups is 2. The van der Waals surface area contributed by atoms with Gasteiger partial charge in [-0.15, -0.1) is 0 Å². The second-order valence-electron chi connectivity index (χ2n) is 8.39. The summed E-state index contributed by atoms with van der Waals surface area (Å²) in [6.07, 6.45) is 0. The number of anilines is 1. The Labute approximate surface area is 195 Å². The van der Waals surface area contributed by atoms with Gasteiger partial charge in [0.1, 0.15) is 5.69 Å². The maximum Gasteiger partial charge on any atom is 0.333 e. The van der Waals surface area contributed by atoms with Crippen LogP contribution in [-0.2, 0) is 21.8 Å². The minimum Gasteiger partial charge on any atom is -0.383 e. The maximum atomic E-state index is 12.8. The zero-order valence-electron chi connectivity index (χ0n) is 20.2. The van der Waals surface area contributed by atoms with Crippen LogP contribution in [0.25, 0.3) is 0 Å². The summed E-state index contributed by atoms with van der Waals surface area (Å²) in [6.45, 7) is 8.65. The third kappa shape index (κ3) is 6.32. The lowest BCUT2D eigenvalue weighted by molar-refractivity contribution is 0.0733. The third-order valence-electron chi connectivity index (χ3n) is 5.17. The number of aryl methyl sites for hydroxylation is 1. The number of ether oxygens (including phenoxy) is 1. The number of methoxy groups -OCH3 is 1. The quantitative estimate of drug-likeness (QED) is 0.570. The average Bonchev–Trinajstić information content (AvgIpc) is 3.13. The first-order valence-corrected chi connectivity index (χ1v) is 12.1. The van der Waals surface area contributed by atoms with E-state index in [2.05, 4.69) is 10.4 Å². The van der Waals surface area contributed by atoms with Crippen LogP contribution in [0.15, 0.2) is 29.3 Å². The summed E-state index contributed by atoms with van der Waals surface area (Å²) in [5, 5.41) is 6.20. The molecule has 2 N–H and O–H groups in total. The number of amides is 3. The van der Waals surface area contributed by atoms with E-state index in [4.69, 9.17) is 4.74 Å². The van der Waals surface area contributed by atoms with Crippen LogP contribution in [0.5, 0.6) is 0 Å². The minimum absolute atomic E-state index is 0.0710. The molecule has 182 valence electrons. The standard InChI is InChI=1S/C22H33N5O5S/c1-14(2)16-9-8-10-17(15(3)4)20(16)23-22(29)25-33(30,31)19-13-18(27(6)24-19)21(28)26(5)11-12-32-7/h8-10,13-15H,11-12H2,1-7H3,(H2,23,25,29). The number of urea groups is 1. The Bertz CT molecular complexity index is 1080. The van der Waals surface area contributed by atoms with Gasteiger partial charge in [-0.25, -0.2) is 9.52 Å². The summed E-state index contributed by atoms with van der Waals surface area (Å²) >= 11 is 0. The fraction of sp³-hybridized carbons (Fsp3) is 0.500. The Balaban J connectivity index is 2.26. The molecule has 10 nitrogen and oxygen atoms in total. The van der Waals surface area contributed by atoms with Crippen molar-refractivity contribution in [1.29, 1.82) is 0 Å². The molecule has 0 aliphatic rings. The van der Waals surface area contributed by atoms with Crippen molar-refractivity contribution in [1.82, 2.24) is 19.4 Å². The number of aromatic nitrogens is 2. The van der Waals surface area contributed by atoms with Crippen molar-refractivity contribution >= 4 is 27.6 Å². The number of hydrogen-bond acceptors (Lipinski definition) is 6. The van der Waals surface area contributed by atoms with Gasteiger partial charge < -0.3 is 15.0 Å². The predicted octanol–water partition coefficient (Wildman–Crippen LogP) is 2.90. The van der Waals surface area contributed by atoms with Crippen molar-refractivity contribution in [3.05, 3.63) is 41.1 Å². The van der Waals surface area contributed by atoms with Crippen LogP contribution in [0.4, 0.5) is 10.5 Å². The first-order valence-electron chi connectivity index (χ1n) is 10.6. The van der Waals surface area contributed by atoms with Crippen LogP contribution >= 0.6 is 0 Å². The molecule has 2 rings (SSSR count). The Morgan fingerprint density at radius 1 is 1.15 bits per heavy atom. The highest BCUT2D eigenvalue weighted by Crippen LogP contribution is 2.32. The van der Waals surface area contributed by atoms with E-state index in [1.165, 1.54) is 23.7 Å². The summed E-state index contributed by atoms with van der Waals surface area (Å²) in [5.41, 5.74) is 2.46. The van der Waals surface area contributed by atoms with Crippen LogP contribution in [0.2, 0.25) is 0 Å². The van der Waals surface area contributed by atoms with Crippen LogP contribution in [-0.4, -0.2) is 62.3 Å². The van der Waals surface area contributed by atoms with Crippen LogP contribution in [0, 0.1) is 0 Å². The minimum atomic E-state index is -4.31. The zero-order valence-corrected chi connectivity index (χ0v) is 21.0. The number of sulfonamides is 1. The highest BCUT2D eigenvalue weighted by molar-refractivity contribution is 7.90. The monoisotopic (exact) mass is 479 g/mol. The van der Waals surface area contributed by atoms with Crippen molar-refractivity contribution < 1.29 is 22.7 Å². The molecule has 2 aromatic rings. The molecule has 0 aliphatic heterocycles. The lowest BCUT2D eigenvalue weighted by Gasteiger charge is -2.20. The van der Waals surface area contributed by atoms with E-state index < -0.39 is 27.0 Å². The topological polar surface area (TPSA) is 123 Å². The second kappa shape index (κ2) is 10.8. The largest absolute Gasteiger partial charge is 0.383 e. The Kier molecular flexibility index (Phi) is 8.62. The highest BCUT2D eigenvalue weighted by atomic mass is 32.2. The molecule has 11 heteroatoms. The van der Waals surface area contributed by atoms with Gasteiger partial charge in [0.15, 0.2) is 5.03 Å². The smallest absolute Gasteiger partial charge is 0.333 e. The molecule has 0 saturated carbocycles. The van der Waals surface area contributed by atoms with Gasteiger partial charge in [0, 0.05) is 39.5 Å². The number of benzene rings is 1. The Morgan fingerprint density at radius 3 is 2.24 bits per heavy atom. The van der Waals surface area contributed by atoms with Gasteiger partial charge in [-0.05, 0) is 23.0 Å². The molecule has 0 bridgehead atoms. The van der Waals surface area contributed by atoms with Crippen molar-refractivity contribution in [3.63, 3.8) is 0 Å². The van der Waals surface area contributed by atoms with E-state index in [-0.39, 0.29) is 17.5 Å². The van der Waals surface area contributed by atoms with E-state index >= 15 is 0 Å². The van der Waals surface area contributed by atoms with Gasteiger partial charge in [-0.3, -0.25) is 9.48 Å². The summed E-state index contributed by atoms with van der Waals surface area (Å²) in [5.74, 6) is -0.175. The first kappa shape index (κ1) is 26.3. The Hall–Kier alpha value is -2.92. The molecule has 1 aromatic carbocycles. The number of likely N-dealkylation sites (N-methyl/N-ethyl adjacent to an activating group) is 1. The van der Waals surface area contributed by atoms with Crippen molar-refractivity contribution in [2.45, 2.75) is 44.6 Å². The molecule has 0 aliphatic carbocycles. The predicted molar refractivity (Wildman–Crippen MR) is 126 cm³/mol. The Morgan fingerprint density at radius 2 is 1.73 bits per heavy atom. The summed E-state index contributed by atoms with van der Waals surface area (Å²) < 4.78 is 33.7. The molecule has 0 atom stereocenters. The second-order valence-corrected chi connectivity index (χ2v) is 10.0. The normalized spacial score (nSPS) is 11.7. The molecule has 0 fully saturated rings. The molecule has 0 unspecified atom stereocenters. The van der Waals surface area contributed by atoms with E-state index in [0.717, 1.165) is 17.2 Å². The lowest BCUT2D eigenvalue weighted by Crippen LogP contribution is -2.35. The molecule has 33 heavy (non-hydrogen) atoms.